The van der Waals surface area contributed by atoms with Crippen molar-refractivity contribution in [1.29, 1.82) is 0 Å². The number of ketones is 1. The van der Waals surface area contributed by atoms with E-state index in [9.17, 15) is 4.79 Å². The second-order valence-electron chi connectivity index (χ2n) is 6.33. The van der Waals surface area contributed by atoms with Gasteiger partial charge in [0.1, 0.15) is 5.75 Å². The second kappa shape index (κ2) is 7.92. The Labute approximate surface area is 158 Å². The van der Waals surface area contributed by atoms with E-state index in [1.54, 1.807) is 0 Å². The summed E-state index contributed by atoms with van der Waals surface area (Å²) in [6.07, 6.45) is 0. The van der Waals surface area contributed by atoms with Crippen molar-refractivity contribution in [3.05, 3.63) is 65.2 Å². The Balaban J connectivity index is 1.80. The summed E-state index contributed by atoms with van der Waals surface area (Å²) in [5, 5.41) is 1.84. The Bertz CT molecular complexity index is 935. The van der Waals surface area contributed by atoms with Crippen molar-refractivity contribution >= 4 is 28.4 Å². The highest BCUT2D eigenvalue weighted by Crippen LogP contribution is 2.29. The molecule has 26 heavy (non-hydrogen) atoms. The first kappa shape index (κ1) is 18.5. The number of hydrogen-bond donors (Lipinski definition) is 0. The Morgan fingerprint density at radius 2 is 1.85 bits per heavy atom. The second-order valence-corrected chi connectivity index (χ2v) is 7.69. The first-order valence-electron chi connectivity index (χ1n) is 8.80. The number of pyridine rings is 1. The quantitative estimate of drug-likeness (QED) is 0.420. The zero-order chi connectivity index (χ0) is 18.7. The normalized spacial score (nSPS) is 12.2. The van der Waals surface area contributed by atoms with E-state index in [4.69, 9.17) is 9.72 Å². The molecule has 0 aliphatic heterocycles. The molecule has 0 fully saturated rings. The van der Waals surface area contributed by atoms with Gasteiger partial charge in [-0.25, -0.2) is 4.98 Å². The van der Waals surface area contributed by atoms with Crippen LogP contribution < -0.4 is 4.74 Å². The molecule has 0 amide bonds. The van der Waals surface area contributed by atoms with Gasteiger partial charge in [-0.05, 0) is 69.2 Å². The topological polar surface area (TPSA) is 39.2 Å². The van der Waals surface area contributed by atoms with Crippen LogP contribution in [-0.4, -0.2) is 22.6 Å². The van der Waals surface area contributed by atoms with Gasteiger partial charge in [0, 0.05) is 10.9 Å². The largest absolute Gasteiger partial charge is 0.494 e. The van der Waals surface area contributed by atoms with Crippen LogP contribution in [0.2, 0.25) is 0 Å². The molecule has 3 nitrogen and oxygen atoms in total. The summed E-state index contributed by atoms with van der Waals surface area (Å²) in [5.41, 5.74) is 4.04. The van der Waals surface area contributed by atoms with Crippen LogP contribution in [0, 0.1) is 13.8 Å². The van der Waals surface area contributed by atoms with Gasteiger partial charge >= 0.3 is 0 Å². The number of aromatic nitrogens is 1. The predicted octanol–water partition coefficient (Wildman–Crippen LogP) is 5.61. The number of nitrogens with zero attached hydrogens (tertiary/aromatic N) is 1. The number of rotatable bonds is 6. The Hall–Kier alpha value is -2.33. The van der Waals surface area contributed by atoms with Crippen LogP contribution in [-0.2, 0) is 0 Å². The van der Waals surface area contributed by atoms with Crippen molar-refractivity contribution in [2.75, 3.05) is 6.61 Å². The lowest BCUT2D eigenvalue weighted by Crippen LogP contribution is -2.13. The van der Waals surface area contributed by atoms with E-state index in [2.05, 4.69) is 38.1 Å². The number of carbonyl (C=O) groups excluding carboxylic acids is 1. The average molecular weight is 365 g/mol. The maximum absolute atomic E-state index is 12.7. The molecule has 3 aromatic rings. The van der Waals surface area contributed by atoms with Crippen LogP contribution in [0.25, 0.3) is 10.9 Å². The highest BCUT2D eigenvalue weighted by Gasteiger charge is 2.18. The van der Waals surface area contributed by atoms with Gasteiger partial charge in [0.2, 0.25) is 0 Å². The summed E-state index contributed by atoms with van der Waals surface area (Å²) in [6.45, 7) is 8.65. The monoisotopic (exact) mass is 365 g/mol. The number of Topliss-reactive ketones (excluding diaryl/α,β-unsaturated/α-hetero) is 1. The number of fused-ring (bicyclic) bond motifs is 1. The summed E-state index contributed by atoms with van der Waals surface area (Å²) >= 11 is 1.51. The molecule has 4 heteroatoms. The third-order valence-corrected chi connectivity index (χ3v) is 5.36. The van der Waals surface area contributed by atoms with Gasteiger partial charge in [0.25, 0.3) is 0 Å². The number of aryl methyl sites for hydroxylation is 2. The van der Waals surface area contributed by atoms with Crippen molar-refractivity contribution in [1.82, 2.24) is 4.98 Å². The van der Waals surface area contributed by atoms with Gasteiger partial charge in [-0.1, -0.05) is 30.0 Å². The lowest BCUT2D eigenvalue weighted by molar-refractivity contribution is 0.0994. The van der Waals surface area contributed by atoms with Gasteiger partial charge in [-0.15, -0.1) is 0 Å². The van der Waals surface area contributed by atoms with Crippen LogP contribution in [0.1, 0.15) is 35.3 Å². The molecule has 0 N–H and O–H groups in total. The number of thioether (sulfide) groups is 1. The van der Waals surface area contributed by atoms with Gasteiger partial charge in [0.05, 0.1) is 22.4 Å². The van der Waals surface area contributed by atoms with Crippen LogP contribution in [0.4, 0.5) is 0 Å². The molecule has 0 saturated carbocycles. The Morgan fingerprint density at radius 3 is 2.54 bits per heavy atom. The highest BCUT2D eigenvalue weighted by atomic mass is 32.2. The fraction of sp³-hybridized carbons (Fsp3) is 0.273. The SMILES string of the molecule is CCOc1ccc(C(=O)[C@H](C)Sc2cc(C)c3cccc(C)c3n2)cc1. The van der Waals surface area contributed by atoms with Gasteiger partial charge in [-0.3, -0.25) is 4.79 Å². The summed E-state index contributed by atoms with van der Waals surface area (Å²) in [4.78, 5) is 17.5. The molecular formula is C22H23NO2S. The minimum absolute atomic E-state index is 0.0994. The molecule has 0 aliphatic rings. The van der Waals surface area contributed by atoms with Gasteiger partial charge in [-0.2, -0.15) is 0 Å². The lowest BCUT2D eigenvalue weighted by Gasteiger charge is -2.13. The van der Waals surface area contributed by atoms with Crippen LogP contribution in [0.5, 0.6) is 5.75 Å². The summed E-state index contributed by atoms with van der Waals surface area (Å²) in [5.74, 6) is 0.883. The molecule has 1 heterocycles. The lowest BCUT2D eigenvalue weighted by atomic mass is 10.1. The van der Waals surface area contributed by atoms with E-state index in [1.165, 1.54) is 22.7 Å². The molecule has 0 unspecified atom stereocenters. The summed E-state index contributed by atoms with van der Waals surface area (Å²) < 4.78 is 5.44. The molecule has 0 saturated heterocycles. The zero-order valence-electron chi connectivity index (χ0n) is 15.6. The Morgan fingerprint density at radius 1 is 1.12 bits per heavy atom. The van der Waals surface area contributed by atoms with E-state index in [1.807, 2.05) is 38.1 Å². The van der Waals surface area contributed by atoms with E-state index in [-0.39, 0.29) is 11.0 Å². The minimum Gasteiger partial charge on any atom is -0.494 e. The molecule has 2 aromatic carbocycles. The molecule has 134 valence electrons. The maximum atomic E-state index is 12.7. The van der Waals surface area contributed by atoms with Gasteiger partial charge < -0.3 is 4.74 Å². The van der Waals surface area contributed by atoms with Crippen molar-refractivity contribution < 1.29 is 9.53 Å². The molecule has 0 bridgehead atoms. The molecule has 0 aliphatic carbocycles. The van der Waals surface area contributed by atoms with Gasteiger partial charge in [0.15, 0.2) is 5.78 Å². The molecule has 3 rings (SSSR count). The third-order valence-electron chi connectivity index (χ3n) is 4.34. The fourth-order valence-corrected chi connectivity index (χ4v) is 3.94. The molecule has 0 spiro atoms. The van der Waals surface area contributed by atoms with Crippen LogP contribution in [0.3, 0.4) is 0 Å². The van der Waals surface area contributed by atoms with Crippen LogP contribution in [0.15, 0.2) is 53.6 Å². The number of para-hydroxylation sites is 1. The predicted molar refractivity (Wildman–Crippen MR) is 108 cm³/mol. The molecular weight excluding hydrogens is 342 g/mol. The molecule has 1 aromatic heterocycles. The maximum Gasteiger partial charge on any atom is 0.175 e. The number of carbonyl (C=O) groups is 1. The number of hydrogen-bond acceptors (Lipinski definition) is 4. The Kier molecular flexibility index (Phi) is 5.62. The van der Waals surface area contributed by atoms with Crippen molar-refractivity contribution in [2.24, 2.45) is 0 Å². The van der Waals surface area contributed by atoms with E-state index in [0.717, 1.165) is 21.9 Å². The van der Waals surface area contributed by atoms with E-state index in [0.29, 0.717) is 12.2 Å². The van der Waals surface area contributed by atoms with Crippen molar-refractivity contribution in [3.63, 3.8) is 0 Å². The van der Waals surface area contributed by atoms with Crippen LogP contribution >= 0.6 is 11.8 Å². The molecule has 1 atom stereocenters. The average Bonchev–Trinajstić information content (AvgIpc) is 2.63. The third kappa shape index (κ3) is 3.91. The first-order chi connectivity index (χ1) is 12.5. The first-order valence-corrected chi connectivity index (χ1v) is 9.68. The van der Waals surface area contributed by atoms with E-state index < -0.39 is 0 Å². The standard InChI is InChI=1S/C22H23NO2S/c1-5-25-18-11-9-17(10-12-18)22(24)16(4)26-20-13-15(3)19-8-6-7-14(2)21(19)23-20/h6-13,16H,5H2,1-4H3/t16-/m0/s1. The number of benzene rings is 2. The smallest absolute Gasteiger partial charge is 0.175 e. The van der Waals surface area contributed by atoms with E-state index >= 15 is 0 Å². The summed E-state index contributed by atoms with van der Waals surface area (Å²) in [6, 6.07) is 15.6. The number of ether oxygens (including phenoxy) is 1. The fourth-order valence-electron chi connectivity index (χ4n) is 2.94. The zero-order valence-corrected chi connectivity index (χ0v) is 16.4. The minimum atomic E-state index is -0.207. The molecule has 0 radical (unpaired) electrons. The highest BCUT2D eigenvalue weighted by molar-refractivity contribution is 8.00. The van der Waals surface area contributed by atoms with Crippen molar-refractivity contribution in [3.8, 4) is 5.75 Å². The van der Waals surface area contributed by atoms with Crippen molar-refractivity contribution in [2.45, 2.75) is 38.0 Å². The summed E-state index contributed by atoms with van der Waals surface area (Å²) in [7, 11) is 0.